The molecule has 3 heterocycles. The molecule has 1 fully saturated rings. The monoisotopic (exact) mass is 465 g/mol. The van der Waals surface area contributed by atoms with Crippen molar-refractivity contribution in [3.63, 3.8) is 0 Å². The number of ether oxygens (including phenoxy) is 2. The average Bonchev–Trinajstić information content (AvgIpc) is 3.43. The molecule has 34 heavy (non-hydrogen) atoms. The number of carbonyl (C=O) groups is 2. The second kappa shape index (κ2) is 8.42. The lowest BCUT2D eigenvalue weighted by molar-refractivity contribution is -0.127. The van der Waals surface area contributed by atoms with E-state index in [1.165, 1.54) is 6.42 Å². The Kier molecular flexibility index (Phi) is 5.54. The summed E-state index contributed by atoms with van der Waals surface area (Å²) < 4.78 is 18.5. The van der Waals surface area contributed by atoms with Crippen molar-refractivity contribution in [2.75, 3.05) is 19.1 Å². The molecule has 0 spiro atoms. The molecule has 1 saturated carbocycles. The standard InChI is InChI=1S/C26H31N3O5/c1-16-7-5-6-8-18(16)27-25(31)26(2)15-28-19-11-12-34-23(19)14-21(28)24(30)29(26)20-13-17(32-3)9-10-22(20)33-4/h9-14,16,18H,5-8,15H2,1-4H3,(H,27,31)/t16-,18+,26-/m1/s1. The summed E-state index contributed by atoms with van der Waals surface area (Å²) in [7, 11) is 3.12. The van der Waals surface area contributed by atoms with Gasteiger partial charge in [0, 0.05) is 24.2 Å². The van der Waals surface area contributed by atoms with Gasteiger partial charge in [0.2, 0.25) is 5.91 Å². The smallest absolute Gasteiger partial charge is 0.276 e. The van der Waals surface area contributed by atoms with Crippen LogP contribution in [0, 0.1) is 5.92 Å². The largest absolute Gasteiger partial charge is 0.497 e. The van der Waals surface area contributed by atoms with Crippen LogP contribution < -0.4 is 19.7 Å². The Morgan fingerprint density at radius 1 is 1.15 bits per heavy atom. The number of carbonyl (C=O) groups excluding carboxylic acids is 2. The molecule has 0 bridgehead atoms. The number of aromatic nitrogens is 1. The van der Waals surface area contributed by atoms with Crippen LogP contribution in [0.1, 0.15) is 50.0 Å². The molecule has 2 aliphatic rings. The first kappa shape index (κ1) is 22.4. The van der Waals surface area contributed by atoms with Crippen molar-refractivity contribution in [1.82, 2.24) is 9.88 Å². The summed E-state index contributed by atoms with van der Waals surface area (Å²) >= 11 is 0. The molecule has 5 rings (SSSR count). The Morgan fingerprint density at radius 2 is 1.94 bits per heavy atom. The van der Waals surface area contributed by atoms with E-state index >= 15 is 0 Å². The molecule has 1 N–H and O–H groups in total. The topological polar surface area (TPSA) is 85.9 Å². The number of anilines is 1. The summed E-state index contributed by atoms with van der Waals surface area (Å²) in [6, 6.07) is 8.92. The van der Waals surface area contributed by atoms with Crippen LogP contribution in [0.15, 0.2) is 41.0 Å². The van der Waals surface area contributed by atoms with Crippen LogP contribution in [0.25, 0.3) is 11.1 Å². The highest BCUT2D eigenvalue weighted by Crippen LogP contribution is 2.42. The van der Waals surface area contributed by atoms with Gasteiger partial charge in [-0.3, -0.25) is 14.5 Å². The minimum atomic E-state index is -1.20. The number of furan rings is 1. The summed E-state index contributed by atoms with van der Waals surface area (Å²) in [5.74, 6) is 0.979. The predicted molar refractivity (Wildman–Crippen MR) is 129 cm³/mol. The molecule has 1 aliphatic carbocycles. The van der Waals surface area contributed by atoms with E-state index in [4.69, 9.17) is 13.9 Å². The highest BCUT2D eigenvalue weighted by molar-refractivity contribution is 6.14. The number of hydrogen-bond acceptors (Lipinski definition) is 5. The first-order valence-electron chi connectivity index (χ1n) is 11.8. The van der Waals surface area contributed by atoms with Crippen molar-refractivity contribution in [2.45, 2.75) is 57.7 Å². The number of nitrogens with zero attached hydrogens (tertiary/aromatic N) is 2. The Morgan fingerprint density at radius 3 is 2.68 bits per heavy atom. The average molecular weight is 466 g/mol. The van der Waals surface area contributed by atoms with Gasteiger partial charge < -0.3 is 23.8 Å². The minimum absolute atomic E-state index is 0.0854. The quantitative estimate of drug-likeness (QED) is 0.605. The van der Waals surface area contributed by atoms with E-state index in [1.54, 1.807) is 49.6 Å². The molecular weight excluding hydrogens is 434 g/mol. The second-order valence-corrected chi connectivity index (χ2v) is 9.58. The Balaban J connectivity index is 1.64. The lowest BCUT2D eigenvalue weighted by Gasteiger charge is -2.45. The first-order valence-corrected chi connectivity index (χ1v) is 11.8. The zero-order valence-electron chi connectivity index (χ0n) is 20.1. The highest BCUT2D eigenvalue weighted by Gasteiger charge is 2.50. The third-order valence-electron chi connectivity index (χ3n) is 7.45. The van der Waals surface area contributed by atoms with Crippen LogP contribution >= 0.6 is 0 Å². The van der Waals surface area contributed by atoms with E-state index in [0.717, 1.165) is 24.8 Å². The van der Waals surface area contributed by atoms with Crippen molar-refractivity contribution < 1.29 is 23.5 Å². The highest BCUT2D eigenvalue weighted by atomic mass is 16.5. The van der Waals surface area contributed by atoms with Crippen LogP contribution in [0.3, 0.4) is 0 Å². The predicted octanol–water partition coefficient (Wildman–Crippen LogP) is 4.37. The molecule has 2 aromatic heterocycles. The number of hydrogen-bond donors (Lipinski definition) is 1. The second-order valence-electron chi connectivity index (χ2n) is 9.58. The van der Waals surface area contributed by atoms with Crippen LogP contribution in [-0.4, -0.2) is 42.2 Å². The maximum absolute atomic E-state index is 14.0. The number of methoxy groups -OCH3 is 2. The lowest BCUT2D eigenvalue weighted by atomic mass is 9.84. The van der Waals surface area contributed by atoms with Gasteiger partial charge in [0.1, 0.15) is 22.7 Å². The lowest BCUT2D eigenvalue weighted by Crippen LogP contribution is -2.65. The molecule has 0 saturated heterocycles. The van der Waals surface area contributed by atoms with Gasteiger partial charge in [-0.1, -0.05) is 19.8 Å². The van der Waals surface area contributed by atoms with Gasteiger partial charge in [-0.05, 0) is 37.8 Å². The Labute approximate surface area is 198 Å². The van der Waals surface area contributed by atoms with E-state index < -0.39 is 5.54 Å². The third-order valence-corrected chi connectivity index (χ3v) is 7.45. The van der Waals surface area contributed by atoms with Crippen molar-refractivity contribution in [3.8, 4) is 11.5 Å². The molecule has 0 radical (unpaired) electrons. The third kappa shape index (κ3) is 3.43. The molecule has 0 unspecified atom stereocenters. The van der Waals surface area contributed by atoms with Crippen molar-refractivity contribution in [2.24, 2.45) is 5.92 Å². The molecule has 1 aliphatic heterocycles. The number of fused-ring (bicyclic) bond motifs is 3. The van der Waals surface area contributed by atoms with E-state index in [0.29, 0.717) is 34.4 Å². The van der Waals surface area contributed by atoms with Gasteiger partial charge in [-0.2, -0.15) is 0 Å². The van der Waals surface area contributed by atoms with E-state index in [1.807, 2.05) is 17.6 Å². The van der Waals surface area contributed by atoms with Gasteiger partial charge >= 0.3 is 0 Å². The van der Waals surface area contributed by atoms with Gasteiger partial charge in [0.15, 0.2) is 5.58 Å². The molecule has 2 amide bonds. The summed E-state index contributed by atoms with van der Waals surface area (Å²) in [5.41, 5.74) is 1.17. The van der Waals surface area contributed by atoms with Crippen LogP contribution in [0.4, 0.5) is 5.69 Å². The van der Waals surface area contributed by atoms with E-state index in [9.17, 15) is 9.59 Å². The van der Waals surface area contributed by atoms with Gasteiger partial charge in [0.25, 0.3) is 5.91 Å². The molecule has 3 atom stereocenters. The number of amides is 2. The normalized spacial score (nSPS) is 24.7. The van der Waals surface area contributed by atoms with Gasteiger partial charge in [-0.25, -0.2) is 0 Å². The molecule has 8 nitrogen and oxygen atoms in total. The Hall–Kier alpha value is -3.42. The number of rotatable bonds is 5. The molecule has 1 aromatic carbocycles. The molecule has 8 heteroatoms. The molecule has 180 valence electrons. The van der Waals surface area contributed by atoms with Gasteiger partial charge in [-0.15, -0.1) is 0 Å². The summed E-state index contributed by atoms with van der Waals surface area (Å²) in [5, 5.41) is 3.29. The zero-order chi connectivity index (χ0) is 24.0. The number of benzene rings is 1. The van der Waals surface area contributed by atoms with Crippen molar-refractivity contribution in [1.29, 1.82) is 0 Å². The van der Waals surface area contributed by atoms with Crippen LogP contribution in [0.5, 0.6) is 11.5 Å². The zero-order valence-corrected chi connectivity index (χ0v) is 20.1. The minimum Gasteiger partial charge on any atom is -0.497 e. The first-order chi connectivity index (χ1) is 16.4. The van der Waals surface area contributed by atoms with E-state index in [-0.39, 0.29) is 24.4 Å². The van der Waals surface area contributed by atoms with Gasteiger partial charge in [0.05, 0.1) is 38.2 Å². The fourth-order valence-corrected chi connectivity index (χ4v) is 5.42. The maximum Gasteiger partial charge on any atom is 0.276 e. The fraction of sp³-hybridized carbons (Fsp3) is 0.462. The summed E-state index contributed by atoms with van der Waals surface area (Å²) in [4.78, 5) is 29.6. The fourth-order valence-electron chi connectivity index (χ4n) is 5.42. The van der Waals surface area contributed by atoms with Crippen LogP contribution in [-0.2, 0) is 11.3 Å². The molecular formula is C26H31N3O5. The SMILES string of the molecule is COc1ccc(OC)c(N2C(=O)c3cc4occc4n3C[C@]2(C)C(=O)N[C@H]2CCCC[C@H]2C)c1. The summed E-state index contributed by atoms with van der Waals surface area (Å²) in [6.45, 7) is 4.28. The van der Waals surface area contributed by atoms with Crippen molar-refractivity contribution >= 4 is 28.6 Å². The van der Waals surface area contributed by atoms with Crippen molar-refractivity contribution in [3.05, 3.63) is 42.3 Å². The Bertz CT molecular complexity index is 1240. The maximum atomic E-state index is 14.0. The summed E-state index contributed by atoms with van der Waals surface area (Å²) in [6.07, 6.45) is 5.91. The molecule has 3 aromatic rings. The number of nitrogens with one attached hydrogen (secondary N) is 1. The van der Waals surface area contributed by atoms with Crippen LogP contribution in [0.2, 0.25) is 0 Å². The van der Waals surface area contributed by atoms with E-state index in [2.05, 4.69) is 12.2 Å².